The van der Waals surface area contributed by atoms with Crippen molar-refractivity contribution in [3.8, 4) is 11.4 Å². The molecule has 1 aromatic heterocycles. The Balaban J connectivity index is 2.11. The SMILES string of the molecule is C[B]c1cc(F)c2c(c1)-n1cnc(C(=O)OCC)c1CO2. The van der Waals surface area contributed by atoms with E-state index in [2.05, 4.69) is 4.98 Å². The minimum Gasteiger partial charge on any atom is -0.482 e. The minimum atomic E-state index is -0.503. The van der Waals surface area contributed by atoms with Gasteiger partial charge in [-0.2, -0.15) is 0 Å². The normalized spacial score (nSPS) is 12.1. The van der Waals surface area contributed by atoms with E-state index in [-0.39, 0.29) is 24.7 Å². The highest BCUT2D eigenvalue weighted by molar-refractivity contribution is 6.52. The molecule has 1 aliphatic heterocycles. The lowest BCUT2D eigenvalue weighted by Crippen LogP contribution is -2.21. The van der Waals surface area contributed by atoms with E-state index in [1.807, 2.05) is 6.82 Å². The Hall–Kier alpha value is -2.31. The van der Waals surface area contributed by atoms with Crippen LogP contribution >= 0.6 is 0 Å². The van der Waals surface area contributed by atoms with Crippen molar-refractivity contribution < 1.29 is 18.7 Å². The molecule has 1 aliphatic rings. The van der Waals surface area contributed by atoms with Gasteiger partial charge in [0.25, 0.3) is 0 Å². The zero-order valence-electron chi connectivity index (χ0n) is 11.7. The molecule has 0 atom stereocenters. The summed E-state index contributed by atoms with van der Waals surface area (Å²) in [7, 11) is 1.79. The van der Waals surface area contributed by atoms with Gasteiger partial charge in [0.05, 0.1) is 18.0 Å². The molecule has 0 N–H and O–H groups in total. The van der Waals surface area contributed by atoms with Gasteiger partial charge < -0.3 is 9.47 Å². The molecule has 1 aromatic carbocycles. The van der Waals surface area contributed by atoms with Crippen LogP contribution in [0.4, 0.5) is 4.39 Å². The van der Waals surface area contributed by atoms with Crippen LogP contribution in [0, 0.1) is 5.82 Å². The van der Waals surface area contributed by atoms with Gasteiger partial charge in [-0.05, 0) is 19.1 Å². The largest absolute Gasteiger partial charge is 0.482 e. The smallest absolute Gasteiger partial charge is 0.358 e. The molecule has 2 heterocycles. The van der Waals surface area contributed by atoms with Crippen molar-refractivity contribution in [2.24, 2.45) is 0 Å². The molecule has 1 radical (unpaired) electrons. The maximum absolute atomic E-state index is 14.0. The number of carbonyl (C=O) groups is 1. The zero-order chi connectivity index (χ0) is 15.0. The van der Waals surface area contributed by atoms with Gasteiger partial charge in [0.1, 0.15) is 20.2 Å². The monoisotopic (exact) mass is 287 g/mol. The molecular weight excluding hydrogens is 274 g/mol. The third kappa shape index (κ3) is 2.18. The third-order valence-electron chi connectivity index (χ3n) is 3.33. The number of halogens is 1. The van der Waals surface area contributed by atoms with Crippen molar-refractivity contribution in [3.63, 3.8) is 0 Å². The summed E-state index contributed by atoms with van der Waals surface area (Å²) in [5.74, 6) is -0.768. The van der Waals surface area contributed by atoms with Crippen LogP contribution in [0.2, 0.25) is 6.82 Å². The summed E-state index contributed by atoms with van der Waals surface area (Å²) in [5, 5.41) is 0. The summed E-state index contributed by atoms with van der Waals surface area (Å²) >= 11 is 0. The minimum absolute atomic E-state index is 0.0766. The van der Waals surface area contributed by atoms with Gasteiger partial charge in [0.15, 0.2) is 17.3 Å². The third-order valence-corrected chi connectivity index (χ3v) is 3.33. The maximum Gasteiger partial charge on any atom is 0.358 e. The molecule has 0 bridgehead atoms. The molecule has 107 valence electrons. The molecule has 0 unspecified atom stereocenters. The van der Waals surface area contributed by atoms with Crippen LogP contribution in [0.25, 0.3) is 5.69 Å². The predicted octanol–water partition coefficient (Wildman–Crippen LogP) is 1.46. The highest BCUT2D eigenvalue weighted by Crippen LogP contribution is 2.32. The zero-order valence-corrected chi connectivity index (χ0v) is 11.7. The fraction of sp³-hybridized carbons (Fsp3) is 0.286. The number of imidazole rings is 1. The Kier molecular flexibility index (Phi) is 3.41. The fourth-order valence-corrected chi connectivity index (χ4v) is 2.32. The second-order valence-electron chi connectivity index (χ2n) is 4.56. The topological polar surface area (TPSA) is 53.4 Å². The van der Waals surface area contributed by atoms with Crippen LogP contribution in [-0.2, 0) is 11.3 Å². The first-order valence-electron chi connectivity index (χ1n) is 6.65. The number of aromatic nitrogens is 2. The van der Waals surface area contributed by atoms with Gasteiger partial charge in [0.2, 0.25) is 0 Å². The predicted molar refractivity (Wildman–Crippen MR) is 75.1 cm³/mol. The number of rotatable bonds is 3. The standard InChI is InChI=1S/C14H13BFN2O3/c1-3-20-14(19)12-11-6-21-13-9(16)4-8(15-2)5-10(13)18(11)7-17-12/h4-5,7H,3,6H2,1-2H3. The van der Waals surface area contributed by atoms with E-state index in [0.29, 0.717) is 11.4 Å². The molecule has 0 spiro atoms. The summed E-state index contributed by atoms with van der Waals surface area (Å²) in [6, 6.07) is 3.20. The number of hydrogen-bond acceptors (Lipinski definition) is 4. The van der Waals surface area contributed by atoms with Crippen LogP contribution in [0.3, 0.4) is 0 Å². The van der Waals surface area contributed by atoms with Gasteiger partial charge in [-0.25, -0.2) is 14.2 Å². The Morgan fingerprint density at radius 3 is 3.10 bits per heavy atom. The highest BCUT2D eigenvalue weighted by atomic mass is 19.1. The molecule has 5 nitrogen and oxygen atoms in total. The van der Waals surface area contributed by atoms with E-state index in [4.69, 9.17) is 9.47 Å². The van der Waals surface area contributed by atoms with Crippen molar-refractivity contribution in [2.75, 3.05) is 6.61 Å². The Bertz CT molecular complexity index is 714. The summed E-state index contributed by atoms with van der Waals surface area (Å²) in [5.41, 5.74) is 2.03. The average molecular weight is 287 g/mol. The van der Waals surface area contributed by atoms with Crippen LogP contribution in [0.15, 0.2) is 18.5 Å². The van der Waals surface area contributed by atoms with Crippen LogP contribution in [-0.4, -0.2) is 29.4 Å². The van der Waals surface area contributed by atoms with Crippen molar-refractivity contribution in [1.29, 1.82) is 0 Å². The molecule has 0 aliphatic carbocycles. The Labute approximate surface area is 121 Å². The maximum atomic E-state index is 14.0. The quantitative estimate of drug-likeness (QED) is 0.633. The van der Waals surface area contributed by atoms with Crippen molar-refractivity contribution in [2.45, 2.75) is 20.4 Å². The van der Waals surface area contributed by atoms with E-state index in [1.54, 1.807) is 24.8 Å². The van der Waals surface area contributed by atoms with Gasteiger partial charge >= 0.3 is 5.97 Å². The lowest BCUT2D eigenvalue weighted by atomic mass is 9.73. The number of fused-ring (bicyclic) bond motifs is 3. The lowest BCUT2D eigenvalue weighted by molar-refractivity contribution is 0.0516. The van der Waals surface area contributed by atoms with Crippen molar-refractivity contribution in [1.82, 2.24) is 9.55 Å². The number of ether oxygens (including phenoxy) is 2. The van der Waals surface area contributed by atoms with Gasteiger partial charge in [-0.1, -0.05) is 12.3 Å². The van der Waals surface area contributed by atoms with E-state index in [9.17, 15) is 9.18 Å². The molecule has 21 heavy (non-hydrogen) atoms. The molecule has 0 amide bonds. The Morgan fingerprint density at radius 2 is 2.38 bits per heavy atom. The first kappa shape index (κ1) is 13.7. The number of hydrogen-bond donors (Lipinski definition) is 0. The summed E-state index contributed by atoms with van der Waals surface area (Å²) in [4.78, 5) is 15.9. The summed E-state index contributed by atoms with van der Waals surface area (Å²) in [6.07, 6.45) is 1.49. The summed E-state index contributed by atoms with van der Waals surface area (Å²) in [6.45, 7) is 3.90. The van der Waals surface area contributed by atoms with Gasteiger partial charge in [0, 0.05) is 0 Å². The van der Waals surface area contributed by atoms with E-state index in [1.165, 1.54) is 12.4 Å². The first-order valence-corrected chi connectivity index (χ1v) is 6.65. The van der Waals surface area contributed by atoms with E-state index in [0.717, 1.165) is 5.46 Å². The second-order valence-corrected chi connectivity index (χ2v) is 4.56. The van der Waals surface area contributed by atoms with Crippen LogP contribution in [0.5, 0.6) is 5.75 Å². The molecule has 0 saturated heterocycles. The molecule has 7 heteroatoms. The molecule has 0 fully saturated rings. The molecular formula is C14H13BFN2O3. The van der Waals surface area contributed by atoms with Gasteiger partial charge in [-0.3, -0.25) is 4.57 Å². The number of benzene rings is 1. The van der Waals surface area contributed by atoms with Crippen LogP contribution in [0.1, 0.15) is 23.1 Å². The molecule has 2 aromatic rings. The second kappa shape index (κ2) is 5.23. The van der Waals surface area contributed by atoms with Crippen molar-refractivity contribution in [3.05, 3.63) is 35.7 Å². The summed E-state index contributed by atoms with van der Waals surface area (Å²) < 4.78 is 26.1. The highest BCUT2D eigenvalue weighted by Gasteiger charge is 2.27. The fourth-order valence-electron chi connectivity index (χ4n) is 2.32. The van der Waals surface area contributed by atoms with Crippen molar-refractivity contribution >= 4 is 18.7 Å². The first-order chi connectivity index (χ1) is 10.2. The van der Waals surface area contributed by atoms with Crippen LogP contribution < -0.4 is 10.2 Å². The molecule has 3 rings (SSSR count). The van der Waals surface area contributed by atoms with E-state index >= 15 is 0 Å². The lowest BCUT2D eigenvalue weighted by Gasteiger charge is -2.21. The average Bonchev–Trinajstić information content (AvgIpc) is 2.91. The number of carbonyl (C=O) groups excluding carboxylic acids is 1. The van der Waals surface area contributed by atoms with Gasteiger partial charge in [-0.15, -0.1) is 0 Å². The molecule has 0 saturated carbocycles. The number of esters is 1. The number of nitrogens with zero attached hydrogens (tertiary/aromatic N) is 2. The Morgan fingerprint density at radius 1 is 1.57 bits per heavy atom. The van der Waals surface area contributed by atoms with E-state index < -0.39 is 11.8 Å².